The Morgan fingerprint density at radius 3 is 2.56 bits per heavy atom. The summed E-state index contributed by atoms with van der Waals surface area (Å²) in [5, 5.41) is 19.5. The Hall–Kier alpha value is -2.07. The highest BCUT2D eigenvalue weighted by Crippen LogP contribution is 2.20. The molecule has 18 heavy (non-hydrogen) atoms. The minimum Gasteiger partial charge on any atom is -0.510 e. The van der Waals surface area contributed by atoms with Crippen molar-refractivity contribution in [3.63, 3.8) is 0 Å². The first-order valence-corrected chi connectivity index (χ1v) is 5.74. The van der Waals surface area contributed by atoms with Crippen LogP contribution in [0.2, 0.25) is 0 Å². The predicted molar refractivity (Wildman–Crippen MR) is 69.6 cm³/mol. The fourth-order valence-corrected chi connectivity index (χ4v) is 1.79. The number of nitrogens with zero attached hydrogens (tertiary/aromatic N) is 1. The number of hydrogen-bond acceptors (Lipinski definition) is 3. The third-order valence-electron chi connectivity index (χ3n) is 2.48. The zero-order chi connectivity index (χ0) is 13.1. The largest absolute Gasteiger partial charge is 0.510 e. The summed E-state index contributed by atoms with van der Waals surface area (Å²) < 4.78 is 0. The Bertz CT molecular complexity index is 637. The lowest BCUT2D eigenvalue weighted by atomic mass is 10.1. The van der Waals surface area contributed by atoms with Crippen molar-refractivity contribution >= 4 is 34.0 Å². The Labute approximate surface area is 108 Å². The summed E-state index contributed by atoms with van der Waals surface area (Å²) >= 11 is 5.46. The Morgan fingerprint density at radius 1 is 1.17 bits per heavy atom. The van der Waals surface area contributed by atoms with E-state index in [4.69, 9.17) is 16.7 Å². The van der Waals surface area contributed by atoms with Crippen molar-refractivity contribution in [1.82, 2.24) is 4.98 Å². The molecule has 1 heterocycles. The van der Waals surface area contributed by atoms with Gasteiger partial charge in [-0.25, -0.2) is 9.78 Å². The molecule has 0 aliphatic heterocycles. The van der Waals surface area contributed by atoms with Crippen molar-refractivity contribution in [2.75, 3.05) is 5.88 Å². The fourth-order valence-electron chi connectivity index (χ4n) is 1.65. The zero-order valence-electron chi connectivity index (χ0n) is 9.30. The van der Waals surface area contributed by atoms with E-state index in [-0.39, 0.29) is 17.1 Å². The number of alkyl halides is 1. The molecule has 1 aromatic carbocycles. The van der Waals surface area contributed by atoms with Crippen LogP contribution >= 0.6 is 11.6 Å². The highest BCUT2D eigenvalue weighted by atomic mass is 35.5. The molecule has 2 rings (SSSR count). The van der Waals surface area contributed by atoms with E-state index in [1.807, 2.05) is 18.2 Å². The van der Waals surface area contributed by atoms with E-state index in [1.54, 1.807) is 18.2 Å². The predicted octanol–water partition coefficient (Wildman–Crippen LogP) is 2.83. The van der Waals surface area contributed by atoms with Gasteiger partial charge >= 0.3 is 5.97 Å². The summed E-state index contributed by atoms with van der Waals surface area (Å²) in [6, 6.07) is 10.6. The van der Waals surface area contributed by atoms with Crippen LogP contribution in [0.4, 0.5) is 0 Å². The van der Waals surface area contributed by atoms with Crippen molar-refractivity contribution in [2.24, 2.45) is 0 Å². The van der Waals surface area contributed by atoms with Gasteiger partial charge in [-0.05, 0) is 12.1 Å². The van der Waals surface area contributed by atoms with Crippen LogP contribution in [0.3, 0.4) is 0 Å². The molecule has 0 atom stereocenters. The third-order valence-corrected chi connectivity index (χ3v) is 2.74. The molecule has 92 valence electrons. The number of carboxylic acids is 1. The van der Waals surface area contributed by atoms with Gasteiger partial charge in [-0.2, -0.15) is 0 Å². The highest BCUT2D eigenvalue weighted by molar-refractivity contribution is 6.23. The fraction of sp³-hybridized carbons (Fsp3) is 0.0769. The maximum Gasteiger partial charge on any atom is 0.341 e. The van der Waals surface area contributed by atoms with Crippen molar-refractivity contribution in [3.05, 3.63) is 47.9 Å². The summed E-state index contributed by atoms with van der Waals surface area (Å²) in [6.07, 6.45) is 0. The number of benzene rings is 1. The van der Waals surface area contributed by atoms with Crippen molar-refractivity contribution in [2.45, 2.75) is 0 Å². The lowest BCUT2D eigenvalue weighted by Gasteiger charge is -2.05. The molecule has 0 amide bonds. The molecule has 0 aliphatic rings. The monoisotopic (exact) mass is 263 g/mol. The second-order valence-corrected chi connectivity index (χ2v) is 3.92. The van der Waals surface area contributed by atoms with Crippen LogP contribution < -0.4 is 0 Å². The Kier molecular flexibility index (Phi) is 3.48. The van der Waals surface area contributed by atoms with E-state index < -0.39 is 11.7 Å². The van der Waals surface area contributed by atoms with Crippen LogP contribution in [0.1, 0.15) is 5.69 Å². The Morgan fingerprint density at radius 2 is 1.89 bits per heavy atom. The average Bonchev–Trinajstić information content (AvgIpc) is 2.38. The number of hydrogen-bond donors (Lipinski definition) is 2. The molecule has 0 aliphatic carbocycles. The van der Waals surface area contributed by atoms with Gasteiger partial charge in [0.15, 0.2) is 0 Å². The van der Waals surface area contributed by atoms with E-state index >= 15 is 0 Å². The first-order chi connectivity index (χ1) is 8.63. The summed E-state index contributed by atoms with van der Waals surface area (Å²) in [4.78, 5) is 15.3. The molecule has 0 saturated heterocycles. The lowest BCUT2D eigenvalue weighted by molar-refractivity contribution is -0.130. The molecule has 2 aromatic rings. The first kappa shape index (κ1) is 12.4. The first-order valence-electron chi connectivity index (χ1n) is 5.21. The summed E-state index contributed by atoms with van der Waals surface area (Å²) in [7, 11) is 0. The van der Waals surface area contributed by atoms with Crippen molar-refractivity contribution < 1.29 is 15.0 Å². The van der Waals surface area contributed by atoms with E-state index in [0.29, 0.717) is 5.52 Å². The number of rotatable bonds is 3. The number of pyridine rings is 1. The van der Waals surface area contributed by atoms with Crippen LogP contribution in [0, 0.1) is 0 Å². The number of aliphatic hydroxyl groups is 1. The van der Waals surface area contributed by atoms with Gasteiger partial charge < -0.3 is 10.2 Å². The van der Waals surface area contributed by atoms with Gasteiger partial charge in [-0.1, -0.05) is 24.3 Å². The van der Waals surface area contributed by atoms with Crippen molar-refractivity contribution in [3.8, 4) is 0 Å². The van der Waals surface area contributed by atoms with Gasteiger partial charge in [-0.15, -0.1) is 11.6 Å². The van der Waals surface area contributed by atoms with E-state index in [1.165, 1.54) is 0 Å². The standard InChI is InChI=1S/C13H10ClNO3/c14-7-11(16)12(13(17)18)10-6-5-8-3-1-2-4-9(8)15-10/h1-6,16H,7H2,(H,17,18)/b12-11+. The van der Waals surface area contributed by atoms with Gasteiger partial charge in [-0.3, -0.25) is 0 Å². The molecule has 0 radical (unpaired) electrons. The number of carboxylic acid groups (broad SMARTS) is 1. The number of allylic oxidation sites excluding steroid dienone is 1. The van der Waals surface area contributed by atoms with Gasteiger partial charge in [0, 0.05) is 5.39 Å². The molecular formula is C13H10ClNO3. The minimum absolute atomic E-state index is 0.194. The van der Waals surface area contributed by atoms with Gasteiger partial charge in [0.2, 0.25) is 0 Å². The van der Waals surface area contributed by atoms with Crippen LogP contribution in [-0.4, -0.2) is 27.0 Å². The van der Waals surface area contributed by atoms with Gasteiger partial charge in [0.05, 0.1) is 17.1 Å². The number of halogens is 1. The zero-order valence-corrected chi connectivity index (χ0v) is 10.1. The van der Waals surface area contributed by atoms with Crippen LogP contribution in [0.25, 0.3) is 16.5 Å². The molecule has 0 fully saturated rings. The molecule has 4 nitrogen and oxygen atoms in total. The van der Waals surface area contributed by atoms with Crippen LogP contribution in [0.15, 0.2) is 42.2 Å². The molecule has 0 bridgehead atoms. The quantitative estimate of drug-likeness (QED) is 0.507. The van der Waals surface area contributed by atoms with Crippen molar-refractivity contribution in [1.29, 1.82) is 0 Å². The van der Waals surface area contributed by atoms with Crippen LogP contribution in [-0.2, 0) is 4.79 Å². The van der Waals surface area contributed by atoms with E-state index in [9.17, 15) is 9.90 Å². The average molecular weight is 264 g/mol. The summed E-state index contributed by atoms with van der Waals surface area (Å²) in [6.45, 7) is 0. The van der Waals surface area contributed by atoms with E-state index in [2.05, 4.69) is 4.98 Å². The molecular weight excluding hydrogens is 254 g/mol. The Balaban J connectivity index is 2.62. The minimum atomic E-state index is -1.25. The maximum atomic E-state index is 11.1. The highest BCUT2D eigenvalue weighted by Gasteiger charge is 2.17. The SMILES string of the molecule is O=C(O)/C(=C(/O)CCl)c1ccc2ccccc2n1. The number of aromatic nitrogens is 1. The number of aliphatic hydroxyl groups excluding tert-OH is 1. The molecule has 5 heteroatoms. The molecule has 0 saturated carbocycles. The third kappa shape index (κ3) is 2.28. The van der Waals surface area contributed by atoms with Gasteiger partial charge in [0.25, 0.3) is 0 Å². The van der Waals surface area contributed by atoms with E-state index in [0.717, 1.165) is 5.39 Å². The number of para-hydroxylation sites is 1. The topological polar surface area (TPSA) is 70.4 Å². The molecule has 0 spiro atoms. The number of aliphatic carboxylic acids is 1. The normalized spacial score (nSPS) is 12.3. The molecule has 0 unspecified atom stereocenters. The summed E-state index contributed by atoms with van der Waals surface area (Å²) in [5.41, 5.74) is 0.589. The van der Waals surface area contributed by atoms with Gasteiger partial charge in [0.1, 0.15) is 11.3 Å². The maximum absolute atomic E-state index is 11.1. The number of carbonyl (C=O) groups is 1. The smallest absolute Gasteiger partial charge is 0.341 e. The molecule has 2 N–H and O–H groups in total. The summed E-state index contributed by atoms with van der Waals surface area (Å²) in [5.74, 6) is -1.92. The second-order valence-electron chi connectivity index (χ2n) is 3.65. The lowest BCUT2D eigenvalue weighted by Crippen LogP contribution is -2.06. The molecule has 1 aromatic heterocycles. The van der Waals surface area contributed by atoms with Crippen LogP contribution in [0.5, 0.6) is 0 Å². The number of fused-ring (bicyclic) bond motifs is 1. The second kappa shape index (κ2) is 5.06.